The van der Waals surface area contributed by atoms with E-state index >= 15 is 0 Å². The van der Waals surface area contributed by atoms with Crippen LogP contribution in [0.5, 0.6) is 0 Å². The predicted octanol–water partition coefficient (Wildman–Crippen LogP) is 7.42. The predicted molar refractivity (Wildman–Crippen MR) is 207 cm³/mol. The Balaban J connectivity index is 0.000000293. The van der Waals surface area contributed by atoms with Crippen LogP contribution in [-0.4, -0.2) is 3.21 Å². The molecular formula is C41H38Cl8Zr-2. The fraction of sp³-hybridized carbons (Fsp3) is 0.293. The van der Waals surface area contributed by atoms with Crippen LogP contribution in [0.4, 0.5) is 0 Å². The largest absolute Gasteiger partial charge is 1.00 e. The van der Waals surface area contributed by atoms with E-state index in [0.717, 1.165) is 27.2 Å². The number of benzene rings is 4. The van der Waals surface area contributed by atoms with E-state index in [1.54, 1.807) is 12.1 Å². The molecule has 0 nitrogen and oxygen atoms in total. The number of hydrogen-bond donors (Lipinski definition) is 0. The van der Waals surface area contributed by atoms with Gasteiger partial charge in [-0.2, -0.15) is 29.8 Å². The molecule has 0 amide bonds. The van der Waals surface area contributed by atoms with Crippen molar-refractivity contribution in [3.8, 4) is 11.1 Å². The Morgan fingerprint density at radius 3 is 1.60 bits per heavy atom. The van der Waals surface area contributed by atoms with Crippen LogP contribution in [0.3, 0.4) is 0 Å². The number of fused-ring (bicyclic) bond motifs is 3. The van der Waals surface area contributed by atoms with Gasteiger partial charge in [-0.05, 0) is 28.4 Å². The Bertz CT molecular complexity index is 1700. The standard InChI is InChI=1S/C21H25.C15H8Cl6.C5H5.2ClH.Zr/c1-20(2,3)16-7-9-18-14(12-16)11-15-13-17(21(4,5)6)8-10-19(15)18;16-14(17,18)12-5-1-3-10(8-12)7-11-4-2-6-13(9-11)15(19,20)21;1-2-4-5-3-1;;;/h7-10,12H,11H2,1-6H3;1-6,8-9H;1-3H,4H2;2*1H;/q-1;;-1;;;+2/p-2. The second-order valence-electron chi connectivity index (χ2n) is 13.8. The van der Waals surface area contributed by atoms with Crippen molar-refractivity contribution in [1.82, 2.24) is 0 Å². The van der Waals surface area contributed by atoms with Crippen LogP contribution in [0.1, 0.15) is 92.5 Å². The third kappa shape index (κ3) is 12.5. The Morgan fingerprint density at radius 2 is 1.18 bits per heavy atom. The van der Waals surface area contributed by atoms with Crippen LogP contribution in [0, 0.1) is 12.1 Å². The van der Waals surface area contributed by atoms with E-state index < -0.39 is 7.59 Å². The third-order valence-electron chi connectivity index (χ3n) is 8.01. The molecule has 0 atom stereocenters. The van der Waals surface area contributed by atoms with Gasteiger partial charge in [0.05, 0.1) is 0 Å². The molecule has 0 aromatic heterocycles. The summed E-state index contributed by atoms with van der Waals surface area (Å²) in [7, 11) is 0. The van der Waals surface area contributed by atoms with Crippen LogP contribution in [0.15, 0.2) is 97.1 Å². The van der Waals surface area contributed by atoms with Gasteiger partial charge in [0.2, 0.25) is 0 Å². The van der Waals surface area contributed by atoms with Crippen LogP contribution in [0.25, 0.3) is 11.1 Å². The van der Waals surface area contributed by atoms with Gasteiger partial charge < -0.3 is 24.8 Å². The smallest absolute Gasteiger partial charge is 0.109 e. The van der Waals surface area contributed by atoms with Crippen molar-refractivity contribution in [2.45, 2.75) is 72.8 Å². The minimum absolute atomic E-state index is 0. The summed E-state index contributed by atoms with van der Waals surface area (Å²) >= 11 is 36.9. The molecule has 50 heavy (non-hydrogen) atoms. The Labute approximate surface area is 356 Å². The minimum Gasteiger partial charge on any atom is -1.00 e. The molecule has 0 saturated heterocycles. The summed E-state index contributed by atoms with van der Waals surface area (Å²) in [6.45, 7) is 13.6. The normalized spacial score (nSPS) is 13.1. The molecule has 0 radical (unpaired) electrons. The summed E-state index contributed by atoms with van der Waals surface area (Å²) in [6, 6.07) is 30.1. The molecule has 0 aliphatic heterocycles. The van der Waals surface area contributed by atoms with Crippen molar-refractivity contribution in [3.05, 3.63) is 154 Å². The van der Waals surface area contributed by atoms with Crippen molar-refractivity contribution >= 4 is 72.8 Å². The summed E-state index contributed by atoms with van der Waals surface area (Å²) in [5.74, 6) is 0. The zero-order chi connectivity index (χ0) is 35.5. The molecule has 9 heteroatoms. The fourth-order valence-electron chi connectivity index (χ4n) is 5.24. The molecule has 0 heterocycles. The minimum atomic E-state index is -1.45. The van der Waals surface area contributed by atoms with Gasteiger partial charge in [-0.1, -0.05) is 65.3 Å². The number of hydrogen-bond acceptors (Lipinski definition) is 0. The van der Waals surface area contributed by atoms with E-state index in [4.69, 9.17) is 69.6 Å². The molecule has 4 aromatic rings. The summed E-state index contributed by atoms with van der Waals surface area (Å²) in [6.07, 6.45) is 11.0. The molecule has 0 bridgehead atoms. The molecule has 2 aliphatic rings. The van der Waals surface area contributed by atoms with Crippen molar-refractivity contribution in [2.75, 3.05) is 0 Å². The first-order chi connectivity index (χ1) is 22.2. The molecule has 0 saturated carbocycles. The van der Waals surface area contributed by atoms with Crippen LogP contribution >= 0.6 is 69.6 Å². The molecule has 0 fully saturated rings. The Kier molecular flexibility index (Phi) is 17.0. The first-order valence-electron chi connectivity index (χ1n) is 15.6. The van der Waals surface area contributed by atoms with Gasteiger partial charge in [0, 0.05) is 0 Å². The maximum Gasteiger partial charge on any atom is -0.109 e. The SMILES string of the molecule is CC(C)(C)c1[c-]c2c(cc1)-c1ccc(C(C)(C)C)cc1C2.ClC(Cl)(Cl)c1cccc([C](=[Zr+2])c2cccc(C(Cl)(Cl)Cl)c2)c1.[C-]1=CC=CC1.[Cl-].[Cl-]. The van der Waals surface area contributed by atoms with E-state index in [0.29, 0.717) is 11.1 Å². The van der Waals surface area contributed by atoms with Crippen LogP contribution in [0.2, 0.25) is 0 Å². The van der Waals surface area contributed by atoms with Crippen molar-refractivity contribution in [3.63, 3.8) is 0 Å². The van der Waals surface area contributed by atoms with Crippen LogP contribution in [-0.2, 0) is 49.1 Å². The van der Waals surface area contributed by atoms with Gasteiger partial charge >= 0.3 is 175 Å². The molecule has 6 rings (SSSR count). The van der Waals surface area contributed by atoms with E-state index in [1.165, 1.54) is 57.6 Å². The molecular weight excluding hydrogens is 867 g/mol. The maximum absolute atomic E-state index is 5.94. The first kappa shape index (κ1) is 45.6. The number of alkyl halides is 6. The van der Waals surface area contributed by atoms with Gasteiger partial charge in [0.1, 0.15) is 0 Å². The maximum atomic E-state index is 5.94. The van der Waals surface area contributed by atoms with Crippen molar-refractivity contribution in [2.24, 2.45) is 0 Å². The molecule has 2 aliphatic carbocycles. The quantitative estimate of drug-likeness (QED) is 0.128. The molecule has 0 N–H and O–H groups in total. The van der Waals surface area contributed by atoms with Gasteiger partial charge in [-0.15, -0.1) is 17.5 Å². The average molecular weight is 906 g/mol. The third-order valence-corrected chi connectivity index (χ3v) is 10.7. The summed E-state index contributed by atoms with van der Waals surface area (Å²) < 4.78 is -1.82. The summed E-state index contributed by atoms with van der Waals surface area (Å²) in [4.78, 5) is 0. The van der Waals surface area contributed by atoms with Crippen molar-refractivity contribution < 1.29 is 49.0 Å². The topological polar surface area (TPSA) is 0 Å². The molecule has 264 valence electrons. The Morgan fingerprint density at radius 1 is 0.640 bits per heavy atom. The first-order valence-corrected chi connectivity index (χ1v) is 19.1. The average Bonchev–Trinajstić information content (AvgIpc) is 3.71. The van der Waals surface area contributed by atoms with Gasteiger partial charge in [-0.25, -0.2) is 12.2 Å². The van der Waals surface area contributed by atoms with E-state index in [-0.39, 0.29) is 35.6 Å². The van der Waals surface area contributed by atoms with E-state index in [1.807, 2.05) is 48.6 Å². The second kappa shape index (κ2) is 18.7. The number of rotatable bonds is 2. The molecule has 0 unspecified atom stereocenters. The van der Waals surface area contributed by atoms with E-state index in [2.05, 4.69) is 90.1 Å². The summed E-state index contributed by atoms with van der Waals surface area (Å²) in [5, 5.41) is 0. The van der Waals surface area contributed by atoms with Crippen LogP contribution < -0.4 is 24.8 Å². The van der Waals surface area contributed by atoms with E-state index in [9.17, 15) is 0 Å². The zero-order valence-corrected chi connectivity index (χ0v) is 37.2. The zero-order valence-electron chi connectivity index (χ0n) is 28.7. The van der Waals surface area contributed by atoms with Gasteiger partial charge in [-0.3, -0.25) is 6.08 Å². The monoisotopic (exact) mass is 900 g/mol. The molecule has 4 aromatic carbocycles. The van der Waals surface area contributed by atoms with Gasteiger partial charge in [0.15, 0.2) is 0 Å². The van der Waals surface area contributed by atoms with Crippen molar-refractivity contribution in [1.29, 1.82) is 0 Å². The van der Waals surface area contributed by atoms with Gasteiger partial charge in [0.25, 0.3) is 0 Å². The second-order valence-corrected chi connectivity index (χ2v) is 19.6. The fourth-order valence-corrected chi connectivity index (χ4v) is 6.71. The summed E-state index contributed by atoms with van der Waals surface area (Å²) in [5.41, 5.74) is 11.9. The number of allylic oxidation sites excluding steroid dienone is 4. The number of halogens is 8. The Hall–Kier alpha value is -0.567. The molecule has 0 spiro atoms.